The van der Waals surface area contributed by atoms with E-state index in [1.54, 1.807) is 49.2 Å². The Bertz CT molecular complexity index is 1250. The molecule has 8 heteroatoms. The van der Waals surface area contributed by atoms with Gasteiger partial charge in [-0.1, -0.05) is 36.4 Å². The minimum absolute atomic E-state index is 0.0903. The molecule has 0 aromatic heterocycles. The van der Waals surface area contributed by atoms with E-state index in [4.69, 9.17) is 9.47 Å². The van der Waals surface area contributed by atoms with Crippen molar-refractivity contribution in [1.82, 2.24) is 0 Å². The maximum absolute atomic E-state index is 14.8. The van der Waals surface area contributed by atoms with Crippen molar-refractivity contribution in [2.75, 3.05) is 43.9 Å². The summed E-state index contributed by atoms with van der Waals surface area (Å²) in [6.45, 7) is 4.00. The third-order valence-electron chi connectivity index (χ3n) is 7.80. The first-order chi connectivity index (χ1) is 18.5. The second-order valence-corrected chi connectivity index (χ2v) is 11.3. The fraction of sp³-hybridized carbons (Fsp3) is 0.367. The number of hydrogen-bond donors (Lipinski definition) is 0. The summed E-state index contributed by atoms with van der Waals surface area (Å²) >= 11 is 1.79. The number of carbonyl (C=O) groups excluding carboxylic acids is 1. The average Bonchev–Trinajstić information content (AvgIpc) is 2.94. The Morgan fingerprint density at radius 2 is 1.71 bits per heavy atom. The van der Waals surface area contributed by atoms with Crippen LogP contribution in [0.1, 0.15) is 18.4 Å². The Hall–Kier alpha value is -3.10. The number of ether oxygens (including phenoxy) is 2. The molecule has 200 valence electrons. The van der Waals surface area contributed by atoms with Crippen molar-refractivity contribution in [1.29, 1.82) is 0 Å². The van der Waals surface area contributed by atoms with Crippen LogP contribution in [0.3, 0.4) is 0 Å². The van der Waals surface area contributed by atoms with Gasteiger partial charge in [-0.3, -0.25) is 4.90 Å². The molecule has 0 N–H and O–H groups in total. The zero-order valence-corrected chi connectivity index (χ0v) is 22.3. The highest BCUT2D eigenvalue weighted by Gasteiger charge is 2.47. The van der Waals surface area contributed by atoms with Crippen molar-refractivity contribution in [2.45, 2.75) is 30.4 Å². The molecule has 3 aromatic carbocycles. The van der Waals surface area contributed by atoms with Gasteiger partial charge in [0.15, 0.2) is 6.10 Å². The summed E-state index contributed by atoms with van der Waals surface area (Å²) in [5.41, 5.74) is 0.845. The lowest BCUT2D eigenvalue weighted by molar-refractivity contribution is -0.943. The number of thioether (sulfide) groups is 1. The number of quaternary nitrogens is 1. The SMILES string of the molecule is COc1ccccc1SCC[N+]12CCC(CC1)C(OC(=O)N(Cc1ccc(F)cc1)c1ccccc1F)C2. The molecule has 0 aliphatic carbocycles. The summed E-state index contributed by atoms with van der Waals surface area (Å²) in [4.78, 5) is 16.0. The first kappa shape index (κ1) is 26.5. The van der Waals surface area contributed by atoms with Crippen LogP contribution in [0.25, 0.3) is 0 Å². The molecule has 0 spiro atoms. The van der Waals surface area contributed by atoms with Crippen molar-refractivity contribution in [2.24, 2.45) is 5.92 Å². The molecule has 1 amide bonds. The molecule has 5 nitrogen and oxygen atoms in total. The Morgan fingerprint density at radius 3 is 2.45 bits per heavy atom. The first-order valence-corrected chi connectivity index (χ1v) is 14.0. The average molecular weight is 540 g/mol. The molecule has 1 atom stereocenters. The standard InChI is InChI=1S/C30H33F2N2O3S/c1-36-27-8-4-5-9-29(27)38-19-18-34-16-14-23(15-17-34)28(21-34)37-30(35)33(26-7-3-2-6-25(26)32)20-22-10-12-24(31)13-11-22/h2-13,23,28H,14-21H2,1H3/q+1. The van der Waals surface area contributed by atoms with Gasteiger partial charge in [-0.25, -0.2) is 13.6 Å². The molecule has 3 saturated heterocycles. The minimum atomic E-state index is -0.570. The molecule has 6 rings (SSSR count). The summed E-state index contributed by atoms with van der Waals surface area (Å²) < 4.78 is 40.8. The number of rotatable bonds is 9. The predicted molar refractivity (Wildman–Crippen MR) is 145 cm³/mol. The number of anilines is 1. The van der Waals surface area contributed by atoms with Crippen LogP contribution in [0.5, 0.6) is 5.75 Å². The first-order valence-electron chi connectivity index (χ1n) is 13.0. The predicted octanol–water partition coefficient (Wildman–Crippen LogP) is 6.52. The van der Waals surface area contributed by atoms with Crippen LogP contribution in [0.2, 0.25) is 0 Å². The molecule has 2 bridgehead atoms. The summed E-state index contributed by atoms with van der Waals surface area (Å²) in [5, 5.41) is 0. The van der Waals surface area contributed by atoms with E-state index < -0.39 is 11.9 Å². The van der Waals surface area contributed by atoms with Crippen LogP contribution in [0.15, 0.2) is 77.7 Å². The van der Waals surface area contributed by atoms with E-state index in [1.165, 1.54) is 23.1 Å². The number of hydrogen-bond acceptors (Lipinski definition) is 4. The third-order valence-corrected chi connectivity index (χ3v) is 8.84. The van der Waals surface area contributed by atoms with Gasteiger partial charge >= 0.3 is 6.09 Å². The lowest BCUT2D eigenvalue weighted by atomic mass is 9.83. The van der Waals surface area contributed by atoms with Crippen molar-refractivity contribution in [3.8, 4) is 5.75 Å². The number of nitrogens with zero attached hydrogens (tertiary/aromatic N) is 2. The van der Waals surface area contributed by atoms with Gasteiger partial charge in [0.1, 0.15) is 23.9 Å². The highest BCUT2D eigenvalue weighted by molar-refractivity contribution is 7.99. The second-order valence-electron chi connectivity index (χ2n) is 10.1. The zero-order chi connectivity index (χ0) is 26.5. The molecule has 38 heavy (non-hydrogen) atoms. The summed E-state index contributed by atoms with van der Waals surface area (Å²) in [5.74, 6) is 1.28. The van der Waals surface area contributed by atoms with E-state index in [1.807, 2.05) is 18.2 Å². The molecule has 3 aliphatic heterocycles. The van der Waals surface area contributed by atoms with Crippen molar-refractivity contribution in [3.63, 3.8) is 0 Å². The van der Waals surface area contributed by atoms with E-state index >= 15 is 0 Å². The van der Waals surface area contributed by atoms with Gasteiger partial charge < -0.3 is 14.0 Å². The van der Waals surface area contributed by atoms with E-state index in [0.29, 0.717) is 11.5 Å². The summed E-state index contributed by atoms with van der Waals surface area (Å²) in [6, 6.07) is 20.1. The summed E-state index contributed by atoms with van der Waals surface area (Å²) in [6.07, 6.45) is 1.23. The number of amides is 1. The molecular formula is C30H33F2N2O3S+. The lowest BCUT2D eigenvalue weighted by Gasteiger charge is -2.52. The third kappa shape index (κ3) is 5.97. The zero-order valence-electron chi connectivity index (χ0n) is 21.5. The smallest absolute Gasteiger partial charge is 0.415 e. The Labute approximate surface area is 226 Å². The van der Waals surface area contributed by atoms with Crippen molar-refractivity contribution in [3.05, 3.63) is 90.0 Å². The fourth-order valence-corrected chi connectivity index (χ4v) is 6.81. The number of fused-ring (bicyclic) bond motifs is 3. The largest absolute Gasteiger partial charge is 0.496 e. The van der Waals surface area contributed by atoms with Crippen LogP contribution < -0.4 is 9.64 Å². The topological polar surface area (TPSA) is 38.8 Å². The number of para-hydroxylation sites is 2. The van der Waals surface area contributed by atoms with Gasteiger partial charge in [-0.05, 0) is 42.0 Å². The van der Waals surface area contributed by atoms with Gasteiger partial charge in [0.2, 0.25) is 0 Å². The van der Waals surface area contributed by atoms with E-state index in [0.717, 1.165) is 59.9 Å². The van der Waals surface area contributed by atoms with Gasteiger partial charge in [-0.2, -0.15) is 0 Å². The molecule has 3 heterocycles. The van der Waals surface area contributed by atoms with Crippen LogP contribution in [0, 0.1) is 17.6 Å². The van der Waals surface area contributed by atoms with E-state index in [9.17, 15) is 13.6 Å². The molecule has 3 aromatic rings. The normalized spacial score (nSPS) is 22.2. The quantitative estimate of drug-likeness (QED) is 0.229. The lowest BCUT2D eigenvalue weighted by Crippen LogP contribution is -2.65. The molecule has 0 saturated carbocycles. The monoisotopic (exact) mass is 539 g/mol. The summed E-state index contributed by atoms with van der Waals surface area (Å²) in [7, 11) is 1.69. The number of methoxy groups -OCH3 is 1. The molecule has 3 fully saturated rings. The van der Waals surface area contributed by atoms with Gasteiger partial charge in [0.05, 0.1) is 39.0 Å². The molecule has 1 unspecified atom stereocenters. The van der Waals surface area contributed by atoms with Crippen LogP contribution in [0.4, 0.5) is 19.3 Å². The van der Waals surface area contributed by atoms with Crippen LogP contribution in [-0.2, 0) is 11.3 Å². The highest BCUT2D eigenvalue weighted by Crippen LogP contribution is 2.37. The van der Waals surface area contributed by atoms with E-state index in [-0.39, 0.29) is 24.2 Å². The van der Waals surface area contributed by atoms with Gasteiger partial charge in [-0.15, -0.1) is 11.8 Å². The second kappa shape index (κ2) is 11.7. The van der Waals surface area contributed by atoms with Crippen LogP contribution in [-0.4, -0.2) is 55.7 Å². The molecular weight excluding hydrogens is 506 g/mol. The fourth-order valence-electron chi connectivity index (χ4n) is 5.64. The van der Waals surface area contributed by atoms with E-state index in [2.05, 4.69) is 6.07 Å². The Kier molecular flexibility index (Phi) is 8.19. The molecule has 0 radical (unpaired) electrons. The maximum atomic E-state index is 14.8. The van der Waals surface area contributed by atoms with Gasteiger partial charge in [0, 0.05) is 29.4 Å². The Balaban J connectivity index is 1.27. The number of benzene rings is 3. The van der Waals surface area contributed by atoms with Crippen LogP contribution >= 0.6 is 11.8 Å². The Morgan fingerprint density at radius 1 is 1.00 bits per heavy atom. The molecule has 3 aliphatic rings. The van der Waals surface area contributed by atoms with Gasteiger partial charge in [0.25, 0.3) is 0 Å². The number of halogens is 2. The van der Waals surface area contributed by atoms with Crippen molar-refractivity contribution < 1.29 is 27.5 Å². The van der Waals surface area contributed by atoms with Crippen molar-refractivity contribution >= 4 is 23.5 Å². The minimum Gasteiger partial charge on any atom is -0.496 e. The number of piperidine rings is 3. The maximum Gasteiger partial charge on any atom is 0.415 e. The number of carbonyl (C=O) groups is 1. The highest BCUT2D eigenvalue weighted by atomic mass is 32.2.